The first-order chi connectivity index (χ1) is 11.4. The van der Waals surface area contributed by atoms with Gasteiger partial charge in [-0.15, -0.1) is 0 Å². The molecule has 2 saturated heterocycles. The third-order valence-electron chi connectivity index (χ3n) is 4.34. The molecule has 3 atom stereocenters. The van der Waals surface area contributed by atoms with Gasteiger partial charge in [-0.3, -0.25) is 19.2 Å². The molecule has 0 spiro atoms. The molecule has 2 aliphatic rings. The maximum absolute atomic E-state index is 12.7. The predicted octanol–water partition coefficient (Wildman–Crippen LogP) is -0.421. The predicted molar refractivity (Wildman–Crippen MR) is 88.5 cm³/mol. The fourth-order valence-electron chi connectivity index (χ4n) is 3.07. The Morgan fingerprint density at radius 3 is 2.58 bits per heavy atom. The van der Waals surface area contributed by atoms with Gasteiger partial charge in [-0.1, -0.05) is 0 Å². The molecule has 2 heterocycles. The molecule has 8 nitrogen and oxygen atoms in total. The zero-order chi connectivity index (χ0) is 17.7. The van der Waals surface area contributed by atoms with Crippen LogP contribution in [0.4, 0.5) is 0 Å². The average molecular weight is 357 g/mol. The molecule has 0 radical (unpaired) electrons. The molecule has 2 rings (SSSR count). The average Bonchev–Trinajstić information content (AvgIpc) is 3.03. The second-order valence-electron chi connectivity index (χ2n) is 6.03. The summed E-state index contributed by atoms with van der Waals surface area (Å²) in [6.07, 6.45) is 3.46. The lowest BCUT2D eigenvalue weighted by Gasteiger charge is -2.26. The Morgan fingerprint density at radius 1 is 1.21 bits per heavy atom. The molecule has 134 valence electrons. The molecule has 3 amide bonds. The van der Waals surface area contributed by atoms with Crippen molar-refractivity contribution < 1.29 is 24.3 Å². The van der Waals surface area contributed by atoms with Gasteiger partial charge in [0.1, 0.15) is 18.1 Å². The minimum Gasteiger partial charge on any atom is -0.481 e. The quantitative estimate of drug-likeness (QED) is 0.595. The normalized spacial score (nSPS) is 27.6. The van der Waals surface area contributed by atoms with Crippen LogP contribution < -0.4 is 10.6 Å². The van der Waals surface area contributed by atoms with Crippen LogP contribution in [0.1, 0.15) is 32.1 Å². The highest BCUT2D eigenvalue weighted by molar-refractivity contribution is 7.98. The van der Waals surface area contributed by atoms with Crippen LogP contribution in [0.5, 0.6) is 0 Å². The first-order valence-corrected chi connectivity index (χ1v) is 9.45. The van der Waals surface area contributed by atoms with Gasteiger partial charge < -0.3 is 20.6 Å². The Balaban J connectivity index is 2.22. The first kappa shape index (κ1) is 18.6. The second-order valence-corrected chi connectivity index (χ2v) is 7.01. The van der Waals surface area contributed by atoms with E-state index in [1.165, 1.54) is 4.90 Å². The first-order valence-electron chi connectivity index (χ1n) is 8.06. The van der Waals surface area contributed by atoms with E-state index in [2.05, 4.69) is 10.6 Å². The summed E-state index contributed by atoms with van der Waals surface area (Å²) in [6, 6.07) is -2.18. The summed E-state index contributed by atoms with van der Waals surface area (Å²) in [6.45, 7) is 0.450. The number of thioether (sulfide) groups is 1. The monoisotopic (exact) mass is 357 g/mol. The summed E-state index contributed by atoms with van der Waals surface area (Å²) in [5, 5.41) is 14.3. The number of fused-ring (bicyclic) bond motifs is 1. The number of carboxylic acids is 1. The highest BCUT2D eigenvalue weighted by Crippen LogP contribution is 2.21. The molecule has 3 N–H and O–H groups in total. The van der Waals surface area contributed by atoms with Crippen LogP contribution in [0.3, 0.4) is 0 Å². The molecule has 0 aromatic heterocycles. The van der Waals surface area contributed by atoms with Crippen LogP contribution in [-0.2, 0) is 19.2 Å². The Morgan fingerprint density at radius 2 is 1.92 bits per heavy atom. The van der Waals surface area contributed by atoms with Gasteiger partial charge in [-0.25, -0.2) is 0 Å². The van der Waals surface area contributed by atoms with Gasteiger partial charge in [0.05, 0.1) is 0 Å². The Labute approximate surface area is 144 Å². The van der Waals surface area contributed by atoms with Crippen LogP contribution in [0.2, 0.25) is 0 Å². The summed E-state index contributed by atoms with van der Waals surface area (Å²) in [4.78, 5) is 49.9. The third-order valence-corrected chi connectivity index (χ3v) is 4.99. The maximum Gasteiger partial charge on any atom is 0.303 e. The number of amides is 3. The number of rotatable bonds is 6. The van der Waals surface area contributed by atoms with Gasteiger partial charge in [0, 0.05) is 13.0 Å². The third kappa shape index (κ3) is 4.40. The van der Waals surface area contributed by atoms with E-state index < -0.39 is 30.0 Å². The van der Waals surface area contributed by atoms with E-state index in [9.17, 15) is 19.2 Å². The van der Waals surface area contributed by atoms with Crippen LogP contribution in [0.25, 0.3) is 0 Å². The molecule has 2 fully saturated rings. The number of carbonyl (C=O) groups excluding carboxylic acids is 3. The SMILES string of the molecule is CSCC[C@@H]1NC(=O)[C@H]2CCCN2C(=O)[C@H](CCC(=O)O)NC1=O. The fourth-order valence-corrected chi connectivity index (χ4v) is 3.54. The van der Waals surface area contributed by atoms with E-state index in [1.54, 1.807) is 11.8 Å². The number of hydrogen-bond donors (Lipinski definition) is 3. The van der Waals surface area contributed by atoms with Crippen molar-refractivity contribution in [3.63, 3.8) is 0 Å². The van der Waals surface area contributed by atoms with Crippen LogP contribution in [-0.4, -0.2) is 70.4 Å². The highest BCUT2D eigenvalue weighted by atomic mass is 32.2. The minimum absolute atomic E-state index is 0.0204. The Hall–Kier alpha value is -1.77. The van der Waals surface area contributed by atoms with Gasteiger partial charge >= 0.3 is 5.97 Å². The van der Waals surface area contributed by atoms with Crippen molar-refractivity contribution >= 4 is 35.5 Å². The summed E-state index contributed by atoms with van der Waals surface area (Å²) in [5.41, 5.74) is 0. The van der Waals surface area contributed by atoms with Crippen molar-refractivity contribution in [2.45, 2.75) is 50.2 Å². The molecule has 0 unspecified atom stereocenters. The number of nitrogens with one attached hydrogen (secondary N) is 2. The summed E-state index contributed by atoms with van der Waals surface area (Å²) in [7, 11) is 0. The molecule has 2 aliphatic heterocycles. The van der Waals surface area contributed by atoms with Gasteiger partial charge in [0.2, 0.25) is 17.7 Å². The molecule has 0 aromatic rings. The molecule has 0 aromatic carbocycles. The van der Waals surface area contributed by atoms with E-state index in [0.29, 0.717) is 25.1 Å². The van der Waals surface area contributed by atoms with Crippen LogP contribution in [0.15, 0.2) is 0 Å². The molecule has 9 heteroatoms. The standard InChI is InChI=1S/C15H23N3O5S/c1-24-8-6-9-13(21)17-10(4-5-12(19)20)15(23)18-7-2-3-11(18)14(22)16-9/h9-11H,2-8H2,1H3,(H,16,22)(H,17,21)(H,19,20)/t9-,10-,11+/m0/s1. The maximum atomic E-state index is 12.7. The van der Waals surface area contributed by atoms with E-state index in [-0.39, 0.29) is 24.7 Å². The van der Waals surface area contributed by atoms with Crippen LogP contribution in [0, 0.1) is 0 Å². The van der Waals surface area contributed by atoms with E-state index >= 15 is 0 Å². The molecule has 0 bridgehead atoms. The summed E-state index contributed by atoms with van der Waals surface area (Å²) in [5.74, 6) is -1.43. The highest BCUT2D eigenvalue weighted by Gasteiger charge is 2.41. The lowest BCUT2D eigenvalue weighted by Crippen LogP contribution is -2.51. The van der Waals surface area contributed by atoms with Crippen molar-refractivity contribution in [2.24, 2.45) is 0 Å². The molecule has 0 saturated carbocycles. The van der Waals surface area contributed by atoms with E-state index in [4.69, 9.17) is 5.11 Å². The fraction of sp³-hybridized carbons (Fsp3) is 0.733. The molecular formula is C15H23N3O5S. The number of nitrogens with zero attached hydrogens (tertiary/aromatic N) is 1. The lowest BCUT2D eigenvalue weighted by atomic mass is 10.1. The van der Waals surface area contributed by atoms with Gasteiger partial charge in [-0.2, -0.15) is 11.8 Å². The van der Waals surface area contributed by atoms with Gasteiger partial charge in [-0.05, 0) is 37.7 Å². The lowest BCUT2D eigenvalue weighted by molar-refractivity contribution is -0.141. The second kappa shape index (κ2) is 8.36. The summed E-state index contributed by atoms with van der Waals surface area (Å²) < 4.78 is 0. The minimum atomic E-state index is -1.02. The van der Waals surface area contributed by atoms with Crippen molar-refractivity contribution in [1.82, 2.24) is 15.5 Å². The van der Waals surface area contributed by atoms with E-state index in [1.807, 2.05) is 6.26 Å². The number of hydrogen-bond acceptors (Lipinski definition) is 5. The van der Waals surface area contributed by atoms with Crippen molar-refractivity contribution in [2.75, 3.05) is 18.6 Å². The number of carboxylic acid groups (broad SMARTS) is 1. The van der Waals surface area contributed by atoms with E-state index in [0.717, 1.165) is 6.42 Å². The largest absolute Gasteiger partial charge is 0.481 e. The van der Waals surface area contributed by atoms with Crippen molar-refractivity contribution in [3.05, 3.63) is 0 Å². The zero-order valence-corrected chi connectivity index (χ0v) is 14.4. The molecular weight excluding hydrogens is 334 g/mol. The summed E-state index contributed by atoms with van der Waals surface area (Å²) >= 11 is 1.56. The number of aliphatic carboxylic acids is 1. The Bertz CT molecular complexity index is 527. The molecule has 24 heavy (non-hydrogen) atoms. The topological polar surface area (TPSA) is 116 Å². The molecule has 0 aliphatic carbocycles. The van der Waals surface area contributed by atoms with Crippen molar-refractivity contribution in [1.29, 1.82) is 0 Å². The van der Waals surface area contributed by atoms with Gasteiger partial charge in [0.25, 0.3) is 0 Å². The smallest absolute Gasteiger partial charge is 0.303 e. The Kier molecular flexibility index (Phi) is 6.47. The van der Waals surface area contributed by atoms with Gasteiger partial charge in [0.15, 0.2) is 0 Å². The zero-order valence-electron chi connectivity index (χ0n) is 13.6. The van der Waals surface area contributed by atoms with Crippen molar-refractivity contribution in [3.8, 4) is 0 Å². The number of carbonyl (C=O) groups is 4. The van der Waals surface area contributed by atoms with Crippen LogP contribution >= 0.6 is 11.8 Å².